The van der Waals surface area contributed by atoms with Crippen LogP contribution in [0.1, 0.15) is 48.1 Å². The van der Waals surface area contributed by atoms with Crippen LogP contribution in [-0.4, -0.2) is 20.6 Å². The van der Waals surface area contributed by atoms with Crippen molar-refractivity contribution in [2.45, 2.75) is 39.7 Å². The number of carbonyl (C=O) groups is 1. The first kappa shape index (κ1) is 17.7. The van der Waals surface area contributed by atoms with Crippen molar-refractivity contribution in [3.05, 3.63) is 56.9 Å². The molecule has 24 heavy (non-hydrogen) atoms. The Labute approximate surface area is 140 Å². The molecule has 2 aromatic rings. The van der Waals surface area contributed by atoms with Crippen LogP contribution in [0.15, 0.2) is 24.3 Å². The van der Waals surface area contributed by atoms with Crippen LogP contribution in [0.2, 0.25) is 0 Å². The summed E-state index contributed by atoms with van der Waals surface area (Å²) in [6.45, 7) is 8.21. The second kappa shape index (κ2) is 6.43. The topological polar surface area (TPSA) is 90.1 Å². The molecule has 0 radical (unpaired) electrons. The van der Waals surface area contributed by atoms with E-state index in [-0.39, 0.29) is 22.5 Å². The van der Waals surface area contributed by atoms with Gasteiger partial charge in [-0.25, -0.2) is 0 Å². The number of aryl methyl sites for hydroxylation is 2. The van der Waals surface area contributed by atoms with Gasteiger partial charge in [-0.1, -0.05) is 45.0 Å². The summed E-state index contributed by atoms with van der Waals surface area (Å²) in [6, 6.07) is 7.95. The maximum Gasteiger partial charge on any atom is 0.322 e. The molecule has 7 nitrogen and oxygen atoms in total. The number of nitrogens with zero attached hydrogens (tertiary/aromatic N) is 3. The third-order valence-electron chi connectivity index (χ3n) is 3.86. The van der Waals surface area contributed by atoms with E-state index in [1.165, 1.54) is 24.2 Å². The first-order chi connectivity index (χ1) is 11.1. The van der Waals surface area contributed by atoms with Crippen molar-refractivity contribution < 1.29 is 9.72 Å². The van der Waals surface area contributed by atoms with Crippen molar-refractivity contribution in [1.82, 2.24) is 15.1 Å². The van der Waals surface area contributed by atoms with Gasteiger partial charge in [0, 0.05) is 13.6 Å². The number of hydrogen-bond donors (Lipinski definition) is 1. The Hall–Kier alpha value is -2.70. The van der Waals surface area contributed by atoms with E-state index in [0.29, 0.717) is 6.54 Å². The van der Waals surface area contributed by atoms with Gasteiger partial charge in [0.05, 0.1) is 4.92 Å². The predicted octanol–water partition coefficient (Wildman–Crippen LogP) is 2.86. The van der Waals surface area contributed by atoms with E-state index < -0.39 is 10.8 Å². The molecule has 0 aliphatic carbocycles. The first-order valence-corrected chi connectivity index (χ1v) is 7.67. The summed E-state index contributed by atoms with van der Waals surface area (Å²) in [5.74, 6) is -0.510. The smallest absolute Gasteiger partial charge is 0.322 e. The number of nitrogens with one attached hydrogen (secondary N) is 1. The summed E-state index contributed by atoms with van der Waals surface area (Å²) in [5, 5.41) is 17.8. The molecule has 7 heteroatoms. The van der Waals surface area contributed by atoms with E-state index in [0.717, 1.165) is 5.56 Å². The quantitative estimate of drug-likeness (QED) is 0.689. The minimum Gasteiger partial charge on any atom is -0.346 e. The first-order valence-electron chi connectivity index (χ1n) is 7.67. The van der Waals surface area contributed by atoms with Gasteiger partial charge in [0.15, 0.2) is 0 Å². The van der Waals surface area contributed by atoms with Crippen molar-refractivity contribution in [3.63, 3.8) is 0 Å². The molecule has 1 amide bonds. The van der Waals surface area contributed by atoms with Crippen molar-refractivity contribution in [3.8, 4) is 0 Å². The maximum absolute atomic E-state index is 12.3. The molecule has 0 atom stereocenters. The lowest BCUT2D eigenvalue weighted by Crippen LogP contribution is -2.26. The number of rotatable bonds is 4. The zero-order valence-electron chi connectivity index (χ0n) is 14.6. The summed E-state index contributed by atoms with van der Waals surface area (Å²) in [7, 11) is 1.52. The highest BCUT2D eigenvalue weighted by Crippen LogP contribution is 2.23. The summed E-state index contributed by atoms with van der Waals surface area (Å²) in [5.41, 5.74) is 2.13. The van der Waals surface area contributed by atoms with Gasteiger partial charge in [-0.2, -0.15) is 5.10 Å². The number of aromatic nitrogens is 2. The van der Waals surface area contributed by atoms with Crippen LogP contribution in [-0.2, 0) is 19.0 Å². The second-order valence-corrected chi connectivity index (χ2v) is 6.79. The molecule has 0 saturated heterocycles. The van der Waals surface area contributed by atoms with Crippen LogP contribution in [0.3, 0.4) is 0 Å². The fourth-order valence-electron chi connectivity index (χ4n) is 2.51. The number of carbonyl (C=O) groups excluding carboxylic acids is 1. The van der Waals surface area contributed by atoms with Gasteiger partial charge in [0.2, 0.25) is 5.69 Å². The molecule has 1 aromatic heterocycles. The van der Waals surface area contributed by atoms with Gasteiger partial charge in [0.1, 0.15) is 5.69 Å². The largest absolute Gasteiger partial charge is 0.346 e. The molecule has 128 valence electrons. The van der Waals surface area contributed by atoms with Gasteiger partial charge in [-0.3, -0.25) is 19.6 Å². The van der Waals surface area contributed by atoms with Crippen LogP contribution in [0, 0.1) is 17.0 Å². The van der Waals surface area contributed by atoms with E-state index >= 15 is 0 Å². The maximum atomic E-state index is 12.3. The Morgan fingerprint density at radius 3 is 2.38 bits per heavy atom. The molecular weight excluding hydrogens is 308 g/mol. The lowest BCUT2D eigenvalue weighted by molar-refractivity contribution is -0.385. The monoisotopic (exact) mass is 330 g/mol. The number of hydrogen-bond acceptors (Lipinski definition) is 4. The van der Waals surface area contributed by atoms with Crippen LogP contribution >= 0.6 is 0 Å². The predicted molar refractivity (Wildman–Crippen MR) is 90.9 cm³/mol. The SMILES string of the molecule is Cc1nn(C)c(C(=O)NCc2ccc(C(C)(C)C)cc2)c1[N+](=O)[O-]. The highest BCUT2D eigenvalue weighted by molar-refractivity contribution is 5.96. The Kier molecular flexibility index (Phi) is 4.73. The summed E-state index contributed by atoms with van der Waals surface area (Å²) in [6.07, 6.45) is 0. The fourth-order valence-corrected chi connectivity index (χ4v) is 2.51. The molecule has 1 aromatic carbocycles. The lowest BCUT2D eigenvalue weighted by atomic mass is 9.87. The highest BCUT2D eigenvalue weighted by Gasteiger charge is 2.28. The minimum atomic E-state index is -0.574. The number of amides is 1. The van der Waals surface area contributed by atoms with Crippen LogP contribution in [0.25, 0.3) is 0 Å². The van der Waals surface area contributed by atoms with E-state index in [4.69, 9.17) is 0 Å². The Bertz CT molecular complexity index is 770. The Morgan fingerprint density at radius 1 is 1.29 bits per heavy atom. The number of nitro groups is 1. The standard InChI is InChI=1S/C17H22N4O3/c1-11-14(21(23)24)15(20(5)19-11)16(22)18-10-12-6-8-13(9-7-12)17(2,3)4/h6-9H,10H2,1-5H3,(H,18,22). The molecule has 2 rings (SSSR count). The zero-order chi connectivity index (χ0) is 18.1. The zero-order valence-corrected chi connectivity index (χ0v) is 14.6. The van der Waals surface area contributed by atoms with Gasteiger partial charge in [-0.15, -0.1) is 0 Å². The van der Waals surface area contributed by atoms with Crippen molar-refractivity contribution in [2.75, 3.05) is 0 Å². The molecule has 0 spiro atoms. The van der Waals surface area contributed by atoms with Crippen molar-refractivity contribution in [2.24, 2.45) is 7.05 Å². The lowest BCUT2D eigenvalue weighted by Gasteiger charge is -2.19. The molecule has 0 saturated carbocycles. The third-order valence-corrected chi connectivity index (χ3v) is 3.86. The van der Waals surface area contributed by atoms with Crippen molar-refractivity contribution >= 4 is 11.6 Å². The molecule has 1 N–H and O–H groups in total. The molecule has 1 heterocycles. The summed E-state index contributed by atoms with van der Waals surface area (Å²) in [4.78, 5) is 22.9. The van der Waals surface area contributed by atoms with E-state index in [1.54, 1.807) is 0 Å². The Morgan fingerprint density at radius 2 is 1.88 bits per heavy atom. The van der Waals surface area contributed by atoms with Crippen molar-refractivity contribution in [1.29, 1.82) is 0 Å². The fraction of sp³-hybridized carbons (Fsp3) is 0.412. The molecular formula is C17H22N4O3. The second-order valence-electron chi connectivity index (χ2n) is 6.79. The van der Waals surface area contributed by atoms with Crippen LogP contribution in [0.4, 0.5) is 5.69 Å². The third kappa shape index (κ3) is 3.61. The molecule has 0 aliphatic rings. The Balaban J connectivity index is 2.13. The minimum absolute atomic E-state index is 0.0381. The molecule has 0 aliphatic heterocycles. The molecule has 0 bridgehead atoms. The van der Waals surface area contributed by atoms with Gasteiger partial charge in [0.25, 0.3) is 5.91 Å². The van der Waals surface area contributed by atoms with Crippen LogP contribution < -0.4 is 5.32 Å². The summed E-state index contributed by atoms with van der Waals surface area (Å²) < 4.78 is 1.24. The van der Waals surface area contributed by atoms with Crippen LogP contribution in [0.5, 0.6) is 0 Å². The average Bonchev–Trinajstić information content (AvgIpc) is 2.79. The molecule has 0 unspecified atom stereocenters. The van der Waals surface area contributed by atoms with E-state index in [9.17, 15) is 14.9 Å². The van der Waals surface area contributed by atoms with E-state index in [1.807, 2.05) is 24.3 Å². The summed E-state index contributed by atoms with van der Waals surface area (Å²) >= 11 is 0. The highest BCUT2D eigenvalue weighted by atomic mass is 16.6. The molecule has 0 fully saturated rings. The number of benzene rings is 1. The van der Waals surface area contributed by atoms with Gasteiger partial charge in [-0.05, 0) is 23.5 Å². The normalized spacial score (nSPS) is 11.4. The van der Waals surface area contributed by atoms with Gasteiger partial charge >= 0.3 is 5.69 Å². The average molecular weight is 330 g/mol. The van der Waals surface area contributed by atoms with E-state index in [2.05, 4.69) is 31.2 Å². The van der Waals surface area contributed by atoms with Gasteiger partial charge < -0.3 is 5.32 Å².